The van der Waals surface area contributed by atoms with E-state index < -0.39 is 35.1 Å². The lowest BCUT2D eigenvalue weighted by Crippen LogP contribution is -2.26. The van der Waals surface area contributed by atoms with Crippen molar-refractivity contribution in [3.05, 3.63) is 72.1 Å². The molecule has 1 aromatic heterocycles. The normalized spacial score (nSPS) is 13.0. The summed E-state index contributed by atoms with van der Waals surface area (Å²) in [5, 5.41) is 12.8. The molecule has 1 atom stereocenters. The summed E-state index contributed by atoms with van der Waals surface area (Å²) in [6.45, 7) is -0.238. The molecule has 0 saturated carbocycles. The molecule has 0 amide bonds. The smallest absolute Gasteiger partial charge is 0.416 e. The molecule has 0 saturated heterocycles. The Labute approximate surface area is 178 Å². The third-order valence-electron chi connectivity index (χ3n) is 4.25. The van der Waals surface area contributed by atoms with E-state index >= 15 is 0 Å². The Bertz CT molecular complexity index is 1010. The van der Waals surface area contributed by atoms with E-state index in [-0.39, 0.29) is 30.7 Å². The van der Waals surface area contributed by atoms with Gasteiger partial charge in [-0.05, 0) is 30.3 Å². The second kappa shape index (κ2) is 9.43. The van der Waals surface area contributed by atoms with Crippen LogP contribution in [-0.2, 0) is 12.4 Å². The van der Waals surface area contributed by atoms with E-state index in [2.05, 4.69) is 15.3 Å². The zero-order valence-electron chi connectivity index (χ0n) is 16.3. The van der Waals surface area contributed by atoms with Crippen LogP contribution >= 0.6 is 0 Å². The van der Waals surface area contributed by atoms with Crippen LogP contribution in [0.15, 0.2) is 60.9 Å². The SMILES string of the molecule is OC(CNc1nccnc1-c1cc(C(F)(F)F)cc(C(F)(F)F)c1)COc1ccccc1. The standard InChI is InChI=1S/C21H17F6N3O2/c22-20(23,24)14-8-13(9-15(10-14)21(25,26)27)18-19(29-7-6-28-18)30-11-16(31)12-32-17-4-2-1-3-5-17/h1-10,16,31H,11-12H2,(H,29,30). The van der Waals surface area contributed by atoms with Crippen molar-refractivity contribution in [2.24, 2.45) is 0 Å². The highest BCUT2D eigenvalue weighted by molar-refractivity contribution is 5.72. The molecule has 5 nitrogen and oxygen atoms in total. The second-order valence-corrected chi connectivity index (χ2v) is 6.71. The maximum Gasteiger partial charge on any atom is 0.416 e. The lowest BCUT2D eigenvalue weighted by atomic mass is 10.0. The van der Waals surface area contributed by atoms with Gasteiger partial charge in [0.2, 0.25) is 0 Å². The number of alkyl halides is 6. The summed E-state index contributed by atoms with van der Waals surface area (Å²) < 4.78 is 84.4. The van der Waals surface area contributed by atoms with Gasteiger partial charge < -0.3 is 15.2 Å². The largest absolute Gasteiger partial charge is 0.491 e. The highest BCUT2D eigenvalue weighted by atomic mass is 19.4. The molecule has 0 bridgehead atoms. The van der Waals surface area contributed by atoms with E-state index in [0.29, 0.717) is 17.9 Å². The molecule has 32 heavy (non-hydrogen) atoms. The molecular weight excluding hydrogens is 440 g/mol. The molecule has 0 aliphatic rings. The monoisotopic (exact) mass is 457 g/mol. The molecular formula is C21H17F6N3O2. The number of hydrogen-bond donors (Lipinski definition) is 2. The molecule has 1 heterocycles. The number of anilines is 1. The summed E-state index contributed by atoms with van der Waals surface area (Å²) in [6, 6.07) is 9.83. The summed E-state index contributed by atoms with van der Waals surface area (Å²) in [6.07, 6.45) is -8.66. The Balaban J connectivity index is 1.81. The third kappa shape index (κ3) is 6.10. The molecule has 170 valence electrons. The maximum atomic E-state index is 13.2. The maximum absolute atomic E-state index is 13.2. The Morgan fingerprint density at radius 1 is 0.875 bits per heavy atom. The number of nitrogens with zero attached hydrogens (tertiary/aromatic N) is 2. The fourth-order valence-electron chi connectivity index (χ4n) is 2.75. The average molecular weight is 457 g/mol. The summed E-state index contributed by atoms with van der Waals surface area (Å²) in [4.78, 5) is 7.84. The van der Waals surface area contributed by atoms with Gasteiger partial charge in [-0.2, -0.15) is 26.3 Å². The summed E-state index contributed by atoms with van der Waals surface area (Å²) in [5.74, 6) is 0.439. The average Bonchev–Trinajstić information content (AvgIpc) is 2.75. The van der Waals surface area contributed by atoms with Crippen LogP contribution in [0.4, 0.5) is 32.2 Å². The zero-order chi connectivity index (χ0) is 23.4. The first-order valence-corrected chi connectivity index (χ1v) is 9.24. The summed E-state index contributed by atoms with van der Waals surface area (Å²) in [5.41, 5.74) is -3.57. The van der Waals surface area contributed by atoms with Gasteiger partial charge in [0, 0.05) is 24.5 Å². The summed E-state index contributed by atoms with van der Waals surface area (Å²) >= 11 is 0. The van der Waals surface area contributed by atoms with Gasteiger partial charge in [-0.25, -0.2) is 4.98 Å². The number of halogens is 6. The quantitative estimate of drug-likeness (QED) is 0.487. The van der Waals surface area contributed by atoms with Gasteiger partial charge >= 0.3 is 12.4 Å². The van der Waals surface area contributed by atoms with Crippen molar-refractivity contribution in [3.8, 4) is 17.0 Å². The van der Waals surface area contributed by atoms with Crippen LogP contribution in [0.3, 0.4) is 0 Å². The predicted octanol–water partition coefficient (Wildman–Crippen LogP) is 5.03. The van der Waals surface area contributed by atoms with Crippen molar-refractivity contribution in [1.82, 2.24) is 9.97 Å². The molecule has 11 heteroatoms. The molecule has 0 spiro atoms. The Morgan fingerprint density at radius 3 is 2.06 bits per heavy atom. The molecule has 0 radical (unpaired) electrons. The third-order valence-corrected chi connectivity index (χ3v) is 4.25. The Morgan fingerprint density at radius 2 is 1.47 bits per heavy atom. The van der Waals surface area contributed by atoms with Crippen LogP contribution in [0.2, 0.25) is 0 Å². The second-order valence-electron chi connectivity index (χ2n) is 6.71. The number of rotatable bonds is 7. The van der Waals surface area contributed by atoms with Crippen molar-refractivity contribution in [2.45, 2.75) is 18.5 Å². The van der Waals surface area contributed by atoms with E-state index in [4.69, 9.17) is 4.74 Å². The molecule has 0 aliphatic carbocycles. The number of ether oxygens (including phenoxy) is 1. The number of hydrogen-bond acceptors (Lipinski definition) is 5. The molecule has 2 aromatic carbocycles. The minimum absolute atomic E-state index is 0.0393. The Hall–Kier alpha value is -3.34. The van der Waals surface area contributed by atoms with E-state index in [0.717, 1.165) is 6.20 Å². The fraction of sp³-hybridized carbons (Fsp3) is 0.238. The molecule has 2 N–H and O–H groups in total. The van der Waals surface area contributed by atoms with Gasteiger partial charge in [-0.1, -0.05) is 18.2 Å². The van der Waals surface area contributed by atoms with Crippen molar-refractivity contribution in [2.75, 3.05) is 18.5 Å². The minimum atomic E-state index is -4.99. The van der Waals surface area contributed by atoms with Crippen molar-refractivity contribution in [1.29, 1.82) is 0 Å². The van der Waals surface area contributed by atoms with Gasteiger partial charge in [0.05, 0.1) is 11.1 Å². The zero-order valence-corrected chi connectivity index (χ0v) is 16.3. The van der Waals surface area contributed by atoms with Crippen LogP contribution in [-0.4, -0.2) is 34.3 Å². The lowest BCUT2D eigenvalue weighted by Gasteiger charge is -2.17. The van der Waals surface area contributed by atoms with E-state index in [1.54, 1.807) is 30.3 Å². The molecule has 3 aromatic rings. The Kier molecular flexibility index (Phi) is 6.87. The molecule has 3 rings (SSSR count). The van der Waals surface area contributed by atoms with E-state index in [1.807, 2.05) is 0 Å². The predicted molar refractivity (Wildman–Crippen MR) is 104 cm³/mol. The van der Waals surface area contributed by atoms with Gasteiger partial charge in [0.1, 0.15) is 24.2 Å². The highest BCUT2D eigenvalue weighted by Gasteiger charge is 2.37. The number of para-hydroxylation sites is 1. The lowest BCUT2D eigenvalue weighted by molar-refractivity contribution is -0.143. The topological polar surface area (TPSA) is 67.3 Å². The number of aliphatic hydroxyl groups is 1. The van der Waals surface area contributed by atoms with Crippen molar-refractivity contribution in [3.63, 3.8) is 0 Å². The van der Waals surface area contributed by atoms with Gasteiger partial charge in [-0.15, -0.1) is 0 Å². The minimum Gasteiger partial charge on any atom is -0.491 e. The van der Waals surface area contributed by atoms with Gasteiger partial charge in [0.15, 0.2) is 5.82 Å². The van der Waals surface area contributed by atoms with Crippen LogP contribution < -0.4 is 10.1 Å². The number of aliphatic hydroxyl groups excluding tert-OH is 1. The van der Waals surface area contributed by atoms with E-state index in [1.165, 1.54) is 6.20 Å². The van der Waals surface area contributed by atoms with Crippen LogP contribution in [0.25, 0.3) is 11.3 Å². The van der Waals surface area contributed by atoms with Crippen molar-refractivity contribution < 1.29 is 36.2 Å². The summed E-state index contributed by atoms with van der Waals surface area (Å²) in [7, 11) is 0. The van der Waals surface area contributed by atoms with E-state index in [9.17, 15) is 31.4 Å². The van der Waals surface area contributed by atoms with Crippen LogP contribution in [0.1, 0.15) is 11.1 Å². The van der Waals surface area contributed by atoms with Crippen LogP contribution in [0.5, 0.6) is 5.75 Å². The van der Waals surface area contributed by atoms with Crippen LogP contribution in [0, 0.1) is 0 Å². The first-order chi connectivity index (χ1) is 15.0. The van der Waals surface area contributed by atoms with Gasteiger partial charge in [-0.3, -0.25) is 4.98 Å². The fourth-order valence-corrected chi connectivity index (χ4v) is 2.75. The molecule has 0 fully saturated rings. The highest BCUT2D eigenvalue weighted by Crippen LogP contribution is 2.39. The number of nitrogens with one attached hydrogen (secondary N) is 1. The number of benzene rings is 2. The van der Waals surface area contributed by atoms with Gasteiger partial charge in [0.25, 0.3) is 0 Å². The molecule has 1 unspecified atom stereocenters. The number of aromatic nitrogens is 2. The van der Waals surface area contributed by atoms with Crippen molar-refractivity contribution >= 4 is 5.82 Å². The first-order valence-electron chi connectivity index (χ1n) is 9.24. The molecule has 0 aliphatic heterocycles. The first kappa shape index (κ1) is 23.3.